The smallest absolute Gasteiger partial charge is 0.239 e. The monoisotopic (exact) mass is 218 g/mol. The number of hydrogen-bond acceptors (Lipinski definition) is 3. The molecule has 0 saturated heterocycles. The topological polar surface area (TPSA) is 83.8 Å². The van der Waals surface area contributed by atoms with Crippen molar-refractivity contribution in [3.8, 4) is 0 Å². The zero-order valence-corrected chi connectivity index (χ0v) is 9.24. The van der Waals surface area contributed by atoms with Gasteiger partial charge in [-0.3, -0.25) is 4.79 Å². The van der Waals surface area contributed by atoms with E-state index in [1.807, 2.05) is 25.1 Å². The van der Waals surface area contributed by atoms with Crippen LogP contribution in [0.1, 0.15) is 17.4 Å². The number of carbonyl (C=O) groups excluding carboxylic acids is 1. The second-order valence-electron chi connectivity index (χ2n) is 3.72. The molecule has 5 nitrogen and oxygen atoms in total. The highest BCUT2D eigenvalue weighted by Crippen LogP contribution is 2.18. The van der Waals surface area contributed by atoms with Gasteiger partial charge in [-0.1, -0.05) is 6.07 Å². The SMILES string of the molecule is CNC(C(N)=O)c1ccc2nc(C)[nH]c2c1. The Morgan fingerprint density at radius 2 is 2.31 bits per heavy atom. The van der Waals surface area contributed by atoms with Crippen LogP contribution in [0.25, 0.3) is 11.0 Å². The van der Waals surface area contributed by atoms with Crippen LogP contribution in [-0.2, 0) is 4.79 Å². The molecule has 0 aliphatic carbocycles. The summed E-state index contributed by atoms with van der Waals surface area (Å²) < 4.78 is 0. The molecular weight excluding hydrogens is 204 g/mol. The zero-order valence-electron chi connectivity index (χ0n) is 9.24. The average Bonchev–Trinajstić information content (AvgIpc) is 2.57. The largest absolute Gasteiger partial charge is 0.368 e. The molecule has 0 aliphatic rings. The van der Waals surface area contributed by atoms with Gasteiger partial charge >= 0.3 is 0 Å². The first-order valence-electron chi connectivity index (χ1n) is 5.04. The van der Waals surface area contributed by atoms with Crippen LogP contribution in [0.4, 0.5) is 0 Å². The fourth-order valence-corrected chi connectivity index (χ4v) is 1.81. The summed E-state index contributed by atoms with van der Waals surface area (Å²) in [6, 6.07) is 5.16. The third kappa shape index (κ3) is 1.77. The molecule has 4 N–H and O–H groups in total. The fourth-order valence-electron chi connectivity index (χ4n) is 1.81. The van der Waals surface area contributed by atoms with Gasteiger partial charge < -0.3 is 16.0 Å². The molecule has 1 unspecified atom stereocenters. The number of nitrogens with zero attached hydrogens (tertiary/aromatic N) is 1. The standard InChI is InChI=1S/C11H14N4O/c1-6-14-8-4-3-7(5-9(8)15-6)10(13-2)11(12)16/h3-5,10,13H,1-2H3,(H2,12,16)(H,14,15). The quantitative estimate of drug-likeness (QED) is 0.706. The number of primary amides is 1. The highest BCUT2D eigenvalue weighted by Gasteiger charge is 2.15. The number of nitrogens with two attached hydrogens (primary N) is 1. The number of benzene rings is 1. The molecule has 1 aromatic carbocycles. The Bertz CT molecular complexity index is 532. The summed E-state index contributed by atoms with van der Waals surface area (Å²) in [6.45, 7) is 1.89. The molecule has 1 amide bonds. The van der Waals surface area contributed by atoms with Crippen LogP contribution < -0.4 is 11.1 Å². The first-order valence-corrected chi connectivity index (χ1v) is 5.04. The van der Waals surface area contributed by atoms with Crippen molar-refractivity contribution in [2.45, 2.75) is 13.0 Å². The number of hydrogen-bond donors (Lipinski definition) is 3. The number of aryl methyl sites for hydroxylation is 1. The number of fused-ring (bicyclic) bond motifs is 1. The molecule has 2 rings (SSSR count). The Labute approximate surface area is 93.1 Å². The van der Waals surface area contributed by atoms with Crippen molar-refractivity contribution < 1.29 is 4.79 Å². The number of imidazole rings is 1. The summed E-state index contributed by atoms with van der Waals surface area (Å²) in [7, 11) is 1.71. The number of carbonyl (C=O) groups is 1. The van der Waals surface area contributed by atoms with Crippen LogP contribution >= 0.6 is 0 Å². The molecule has 0 spiro atoms. The van der Waals surface area contributed by atoms with Crippen LogP contribution in [0.2, 0.25) is 0 Å². The average molecular weight is 218 g/mol. The van der Waals surface area contributed by atoms with Crippen molar-refractivity contribution in [1.29, 1.82) is 0 Å². The summed E-state index contributed by atoms with van der Waals surface area (Å²) in [5.74, 6) is 0.463. The lowest BCUT2D eigenvalue weighted by Gasteiger charge is -2.12. The predicted octanol–water partition coefficient (Wildman–Crippen LogP) is 0.617. The Hall–Kier alpha value is -1.88. The molecule has 1 atom stereocenters. The molecular formula is C11H14N4O. The molecule has 16 heavy (non-hydrogen) atoms. The summed E-state index contributed by atoms with van der Waals surface area (Å²) >= 11 is 0. The van der Waals surface area contributed by atoms with Gasteiger partial charge in [0, 0.05) is 0 Å². The Kier molecular flexibility index (Phi) is 2.62. The number of amides is 1. The van der Waals surface area contributed by atoms with Crippen molar-refractivity contribution in [1.82, 2.24) is 15.3 Å². The van der Waals surface area contributed by atoms with Crippen molar-refractivity contribution in [2.75, 3.05) is 7.05 Å². The number of aromatic amines is 1. The third-order valence-corrected chi connectivity index (χ3v) is 2.53. The number of nitrogens with one attached hydrogen (secondary N) is 2. The van der Waals surface area contributed by atoms with Crippen LogP contribution in [0.5, 0.6) is 0 Å². The highest BCUT2D eigenvalue weighted by atomic mass is 16.1. The van der Waals surface area contributed by atoms with Crippen molar-refractivity contribution in [2.24, 2.45) is 5.73 Å². The van der Waals surface area contributed by atoms with Crippen LogP contribution in [0, 0.1) is 6.92 Å². The lowest BCUT2D eigenvalue weighted by molar-refractivity contribution is -0.120. The van der Waals surface area contributed by atoms with Gasteiger partial charge in [0.05, 0.1) is 11.0 Å². The van der Waals surface area contributed by atoms with Gasteiger partial charge in [-0.2, -0.15) is 0 Å². The van der Waals surface area contributed by atoms with E-state index >= 15 is 0 Å². The van der Waals surface area contributed by atoms with Crippen molar-refractivity contribution >= 4 is 16.9 Å². The maximum absolute atomic E-state index is 11.2. The van der Waals surface area contributed by atoms with Gasteiger partial charge in [0.25, 0.3) is 0 Å². The molecule has 5 heteroatoms. The van der Waals surface area contributed by atoms with Gasteiger partial charge in [0.2, 0.25) is 5.91 Å². The van der Waals surface area contributed by atoms with E-state index in [2.05, 4.69) is 15.3 Å². The van der Waals surface area contributed by atoms with Gasteiger partial charge in [-0.15, -0.1) is 0 Å². The van der Waals surface area contributed by atoms with Crippen molar-refractivity contribution in [3.63, 3.8) is 0 Å². The van der Waals surface area contributed by atoms with Gasteiger partial charge in [0.1, 0.15) is 11.9 Å². The highest BCUT2D eigenvalue weighted by molar-refractivity contribution is 5.84. The van der Waals surface area contributed by atoms with E-state index in [0.29, 0.717) is 0 Å². The van der Waals surface area contributed by atoms with E-state index in [9.17, 15) is 4.79 Å². The molecule has 2 aromatic rings. The minimum Gasteiger partial charge on any atom is -0.368 e. The summed E-state index contributed by atoms with van der Waals surface area (Å²) in [5, 5.41) is 2.88. The lowest BCUT2D eigenvalue weighted by Crippen LogP contribution is -2.31. The summed E-state index contributed by atoms with van der Waals surface area (Å²) in [6.07, 6.45) is 0. The number of likely N-dealkylation sites (N-methyl/N-ethyl adjacent to an activating group) is 1. The molecule has 84 valence electrons. The van der Waals surface area contributed by atoms with E-state index in [1.54, 1.807) is 7.05 Å². The lowest BCUT2D eigenvalue weighted by atomic mass is 10.1. The molecule has 0 aliphatic heterocycles. The third-order valence-electron chi connectivity index (χ3n) is 2.53. The Morgan fingerprint density at radius 1 is 1.56 bits per heavy atom. The first kappa shape index (κ1) is 10.6. The second-order valence-corrected chi connectivity index (χ2v) is 3.72. The number of rotatable bonds is 3. The second kappa shape index (κ2) is 3.94. The molecule has 0 saturated carbocycles. The molecule has 0 radical (unpaired) electrons. The fraction of sp³-hybridized carbons (Fsp3) is 0.273. The molecule has 0 bridgehead atoms. The van der Waals surface area contributed by atoms with E-state index in [-0.39, 0.29) is 0 Å². The van der Waals surface area contributed by atoms with Gasteiger partial charge in [-0.25, -0.2) is 4.98 Å². The van der Waals surface area contributed by atoms with Gasteiger partial charge in [-0.05, 0) is 31.7 Å². The maximum Gasteiger partial charge on any atom is 0.239 e. The normalized spacial score (nSPS) is 12.9. The first-order chi connectivity index (χ1) is 7.61. The van der Waals surface area contributed by atoms with E-state index in [4.69, 9.17) is 5.73 Å². The zero-order chi connectivity index (χ0) is 11.7. The van der Waals surface area contributed by atoms with Crippen molar-refractivity contribution in [3.05, 3.63) is 29.6 Å². The Balaban J connectivity index is 2.48. The van der Waals surface area contributed by atoms with E-state index in [1.165, 1.54) is 0 Å². The van der Waals surface area contributed by atoms with E-state index in [0.717, 1.165) is 22.4 Å². The summed E-state index contributed by atoms with van der Waals surface area (Å²) in [5.41, 5.74) is 7.94. The van der Waals surface area contributed by atoms with Crippen LogP contribution in [-0.4, -0.2) is 22.9 Å². The predicted molar refractivity (Wildman–Crippen MR) is 61.8 cm³/mol. The Morgan fingerprint density at radius 3 is 2.94 bits per heavy atom. The summed E-state index contributed by atoms with van der Waals surface area (Å²) in [4.78, 5) is 18.6. The van der Waals surface area contributed by atoms with Crippen LogP contribution in [0.3, 0.4) is 0 Å². The minimum absolute atomic E-state index is 0.391. The number of H-pyrrole nitrogens is 1. The molecule has 0 fully saturated rings. The minimum atomic E-state index is -0.465. The molecule has 1 aromatic heterocycles. The number of aromatic nitrogens is 2. The van der Waals surface area contributed by atoms with Gasteiger partial charge in [0.15, 0.2) is 0 Å². The van der Waals surface area contributed by atoms with E-state index < -0.39 is 11.9 Å². The molecule has 1 heterocycles. The maximum atomic E-state index is 11.2. The van der Waals surface area contributed by atoms with Crippen LogP contribution in [0.15, 0.2) is 18.2 Å².